The van der Waals surface area contributed by atoms with E-state index in [0.717, 1.165) is 44.5 Å². The molecule has 2 heterocycles. The van der Waals surface area contributed by atoms with Crippen LogP contribution in [0.2, 0.25) is 0 Å². The van der Waals surface area contributed by atoms with Gasteiger partial charge in [-0.15, -0.1) is 12.4 Å². The first kappa shape index (κ1) is 19.7. The number of rotatable bonds is 5. The van der Waals surface area contributed by atoms with E-state index in [2.05, 4.69) is 5.32 Å². The van der Waals surface area contributed by atoms with Gasteiger partial charge in [0.15, 0.2) is 0 Å². The lowest BCUT2D eigenvalue weighted by Crippen LogP contribution is -2.46. The highest BCUT2D eigenvalue weighted by Gasteiger charge is 2.37. The zero-order chi connectivity index (χ0) is 16.9. The number of carbonyl (C=O) groups excluding carboxylic acids is 2. The average Bonchev–Trinajstić information content (AvgIpc) is 3.07. The molecule has 2 unspecified atom stereocenters. The van der Waals surface area contributed by atoms with Gasteiger partial charge in [-0.3, -0.25) is 9.59 Å². The third-order valence-corrected chi connectivity index (χ3v) is 5.11. The van der Waals surface area contributed by atoms with Gasteiger partial charge in [0.05, 0.1) is 0 Å². The fourth-order valence-corrected chi connectivity index (χ4v) is 3.85. The fraction of sp³-hybridized carbons (Fsp3) is 0.579. The monoisotopic (exact) mass is 365 g/mol. The first-order valence-electron chi connectivity index (χ1n) is 8.98. The molecule has 138 valence electrons. The van der Waals surface area contributed by atoms with Crippen molar-refractivity contribution >= 4 is 24.2 Å². The highest BCUT2D eigenvalue weighted by molar-refractivity contribution is 5.89. The maximum atomic E-state index is 13.3. The summed E-state index contributed by atoms with van der Waals surface area (Å²) in [6.07, 6.45) is 3.49. The molecule has 2 aliphatic rings. The van der Waals surface area contributed by atoms with Crippen molar-refractivity contribution in [3.8, 4) is 0 Å². The molecule has 1 aromatic carbocycles. The molecule has 0 saturated carbocycles. The van der Waals surface area contributed by atoms with Crippen LogP contribution >= 0.6 is 12.4 Å². The Balaban J connectivity index is 0.00000225. The summed E-state index contributed by atoms with van der Waals surface area (Å²) in [5.74, 6) is 0.692. The van der Waals surface area contributed by atoms with Crippen LogP contribution in [0.3, 0.4) is 0 Å². The maximum absolute atomic E-state index is 13.3. The van der Waals surface area contributed by atoms with Gasteiger partial charge in [-0.25, -0.2) is 0 Å². The van der Waals surface area contributed by atoms with Crippen molar-refractivity contribution in [3.63, 3.8) is 0 Å². The minimum atomic E-state index is -0.465. The van der Waals surface area contributed by atoms with Crippen LogP contribution < -0.4 is 5.32 Å². The molecule has 5 nitrogen and oxygen atoms in total. The fourth-order valence-electron chi connectivity index (χ4n) is 3.85. The van der Waals surface area contributed by atoms with Crippen molar-refractivity contribution in [1.29, 1.82) is 0 Å². The van der Waals surface area contributed by atoms with E-state index in [1.165, 1.54) is 0 Å². The SMILES string of the molecule is CNCC1CCN(C(=O)C(c2ccccc2)N2CCCCC2=O)C1.Cl. The third kappa shape index (κ3) is 4.53. The Morgan fingerprint density at radius 3 is 2.68 bits per heavy atom. The summed E-state index contributed by atoms with van der Waals surface area (Å²) in [6.45, 7) is 3.18. The van der Waals surface area contributed by atoms with E-state index in [9.17, 15) is 9.59 Å². The van der Waals surface area contributed by atoms with Gasteiger partial charge in [0.2, 0.25) is 11.8 Å². The molecule has 1 N–H and O–H groups in total. The van der Waals surface area contributed by atoms with E-state index in [4.69, 9.17) is 0 Å². The highest BCUT2D eigenvalue weighted by atomic mass is 35.5. The second kappa shape index (κ2) is 9.20. The number of piperidine rings is 1. The van der Waals surface area contributed by atoms with E-state index in [1.54, 1.807) is 4.90 Å². The Hall–Kier alpha value is -1.59. The molecular weight excluding hydrogens is 338 g/mol. The Morgan fingerprint density at radius 2 is 2.00 bits per heavy atom. The summed E-state index contributed by atoms with van der Waals surface area (Å²) in [6, 6.07) is 9.29. The Bertz CT molecular complexity index is 581. The predicted octanol–water partition coefficient (Wildman–Crippen LogP) is 2.23. The Labute approximate surface area is 156 Å². The summed E-state index contributed by atoms with van der Waals surface area (Å²) in [7, 11) is 1.95. The van der Waals surface area contributed by atoms with E-state index in [-0.39, 0.29) is 24.2 Å². The van der Waals surface area contributed by atoms with Gasteiger partial charge in [0.25, 0.3) is 0 Å². The first-order valence-corrected chi connectivity index (χ1v) is 8.98. The summed E-state index contributed by atoms with van der Waals surface area (Å²) in [5.41, 5.74) is 0.926. The van der Waals surface area contributed by atoms with Crippen LogP contribution in [-0.2, 0) is 9.59 Å². The lowest BCUT2D eigenvalue weighted by Gasteiger charge is -2.36. The van der Waals surface area contributed by atoms with Crippen LogP contribution in [-0.4, -0.2) is 54.8 Å². The molecule has 2 fully saturated rings. The molecular formula is C19H28ClN3O2. The largest absolute Gasteiger partial charge is 0.340 e. The van der Waals surface area contributed by atoms with Crippen LogP contribution in [0.15, 0.2) is 30.3 Å². The Kier molecular flexibility index (Phi) is 7.26. The highest BCUT2D eigenvalue weighted by Crippen LogP contribution is 2.29. The zero-order valence-electron chi connectivity index (χ0n) is 14.8. The van der Waals surface area contributed by atoms with E-state index in [1.807, 2.05) is 42.3 Å². The molecule has 0 radical (unpaired) electrons. The maximum Gasteiger partial charge on any atom is 0.250 e. The van der Waals surface area contributed by atoms with E-state index in [0.29, 0.717) is 18.9 Å². The molecule has 0 aromatic heterocycles. The summed E-state index contributed by atoms with van der Waals surface area (Å²) in [5, 5.41) is 3.20. The lowest BCUT2D eigenvalue weighted by molar-refractivity contribution is -0.147. The molecule has 2 saturated heterocycles. The molecule has 2 aliphatic heterocycles. The third-order valence-electron chi connectivity index (χ3n) is 5.11. The molecule has 2 amide bonds. The van der Waals surface area contributed by atoms with Gasteiger partial charge in [0.1, 0.15) is 6.04 Å². The van der Waals surface area contributed by atoms with Gasteiger partial charge >= 0.3 is 0 Å². The number of nitrogens with zero attached hydrogens (tertiary/aromatic N) is 2. The molecule has 2 atom stereocenters. The van der Waals surface area contributed by atoms with E-state index >= 15 is 0 Å². The van der Waals surface area contributed by atoms with Gasteiger partial charge in [-0.1, -0.05) is 30.3 Å². The summed E-state index contributed by atoms with van der Waals surface area (Å²) < 4.78 is 0. The molecule has 0 bridgehead atoms. The quantitative estimate of drug-likeness (QED) is 0.870. The van der Waals surface area contributed by atoms with Gasteiger partial charge < -0.3 is 15.1 Å². The number of nitrogens with one attached hydrogen (secondary N) is 1. The summed E-state index contributed by atoms with van der Waals surface area (Å²) in [4.78, 5) is 29.4. The van der Waals surface area contributed by atoms with Crippen LogP contribution in [0.25, 0.3) is 0 Å². The normalized spacial score (nSPS) is 21.8. The molecule has 3 rings (SSSR count). The van der Waals surface area contributed by atoms with Crippen molar-refractivity contribution in [2.24, 2.45) is 5.92 Å². The Morgan fingerprint density at radius 1 is 1.24 bits per heavy atom. The van der Waals surface area contributed by atoms with Crippen molar-refractivity contribution in [1.82, 2.24) is 15.1 Å². The number of halogens is 1. The number of benzene rings is 1. The number of hydrogen-bond donors (Lipinski definition) is 1. The second-order valence-electron chi connectivity index (χ2n) is 6.85. The minimum Gasteiger partial charge on any atom is -0.340 e. The predicted molar refractivity (Wildman–Crippen MR) is 101 cm³/mol. The summed E-state index contributed by atoms with van der Waals surface area (Å²) >= 11 is 0. The molecule has 6 heteroatoms. The number of likely N-dealkylation sites (tertiary alicyclic amines) is 2. The van der Waals surface area contributed by atoms with Crippen molar-refractivity contribution < 1.29 is 9.59 Å². The zero-order valence-corrected chi connectivity index (χ0v) is 15.6. The van der Waals surface area contributed by atoms with Crippen LogP contribution in [0.5, 0.6) is 0 Å². The topological polar surface area (TPSA) is 52.7 Å². The molecule has 0 spiro atoms. The first-order chi connectivity index (χ1) is 11.7. The standard InChI is InChI=1S/C19H27N3O2.ClH/c1-20-13-15-10-12-21(14-15)19(24)18(16-7-3-2-4-8-16)22-11-6-5-9-17(22)23;/h2-4,7-8,15,18,20H,5-6,9-14H2,1H3;1H. The molecule has 0 aliphatic carbocycles. The van der Waals surface area contributed by atoms with Crippen LogP contribution in [0.4, 0.5) is 0 Å². The van der Waals surface area contributed by atoms with Crippen molar-refractivity contribution in [2.75, 3.05) is 33.2 Å². The average molecular weight is 366 g/mol. The second-order valence-corrected chi connectivity index (χ2v) is 6.85. The molecule has 1 aromatic rings. The number of amides is 2. The van der Waals surface area contributed by atoms with Gasteiger partial charge in [-0.2, -0.15) is 0 Å². The smallest absolute Gasteiger partial charge is 0.250 e. The van der Waals surface area contributed by atoms with Crippen molar-refractivity contribution in [3.05, 3.63) is 35.9 Å². The van der Waals surface area contributed by atoms with Gasteiger partial charge in [0, 0.05) is 26.1 Å². The van der Waals surface area contributed by atoms with Crippen molar-refractivity contribution in [2.45, 2.75) is 31.7 Å². The van der Waals surface area contributed by atoms with Gasteiger partial charge in [-0.05, 0) is 44.3 Å². The number of carbonyl (C=O) groups is 2. The minimum absolute atomic E-state index is 0. The van der Waals surface area contributed by atoms with Crippen LogP contribution in [0.1, 0.15) is 37.3 Å². The van der Waals surface area contributed by atoms with E-state index < -0.39 is 6.04 Å². The number of hydrogen-bond acceptors (Lipinski definition) is 3. The molecule has 25 heavy (non-hydrogen) atoms. The lowest BCUT2D eigenvalue weighted by atomic mass is 10.00. The van der Waals surface area contributed by atoms with Crippen LogP contribution in [0, 0.1) is 5.92 Å².